The summed E-state index contributed by atoms with van der Waals surface area (Å²) in [7, 11) is 1.96. The molecular weight excluding hydrogens is 254 g/mol. The molecule has 0 aliphatic heterocycles. The Hall–Kier alpha value is -0.350. The van der Waals surface area contributed by atoms with Crippen LogP contribution < -0.4 is 5.73 Å². The van der Waals surface area contributed by atoms with Crippen LogP contribution in [0.1, 0.15) is 43.8 Å². The molecule has 1 aliphatic carbocycles. The number of hydrogen-bond donors (Lipinski definition) is 1. The minimum absolute atomic E-state index is 0.132. The van der Waals surface area contributed by atoms with Crippen molar-refractivity contribution >= 4 is 15.9 Å². The molecular formula is C11H18BrN3. The Morgan fingerprint density at radius 3 is 2.67 bits per heavy atom. The van der Waals surface area contributed by atoms with Gasteiger partial charge in [0.1, 0.15) is 0 Å². The molecule has 0 saturated heterocycles. The molecule has 1 atom stereocenters. The Kier molecular flexibility index (Phi) is 3.46. The predicted molar refractivity (Wildman–Crippen MR) is 64.4 cm³/mol. The van der Waals surface area contributed by atoms with Crippen LogP contribution in [-0.2, 0) is 7.05 Å². The van der Waals surface area contributed by atoms with Crippen LogP contribution in [0.2, 0.25) is 0 Å². The molecule has 0 amide bonds. The molecule has 84 valence electrons. The lowest BCUT2D eigenvalue weighted by Crippen LogP contribution is -2.26. The van der Waals surface area contributed by atoms with Crippen molar-refractivity contribution < 1.29 is 0 Å². The quantitative estimate of drug-likeness (QED) is 0.899. The first kappa shape index (κ1) is 11.1. The number of hydrogen-bond acceptors (Lipinski definition) is 2. The standard InChI is InChI=1S/C11H18BrN3/c1-15-11(9(12)7-14-15)10(13)8-5-3-2-4-6-8/h7-8,10H,2-6,13H2,1H3. The van der Waals surface area contributed by atoms with E-state index in [1.807, 2.05) is 17.9 Å². The largest absolute Gasteiger partial charge is 0.322 e. The second kappa shape index (κ2) is 4.66. The maximum absolute atomic E-state index is 6.32. The molecule has 4 heteroatoms. The highest BCUT2D eigenvalue weighted by Crippen LogP contribution is 2.35. The zero-order valence-electron chi connectivity index (χ0n) is 9.12. The lowest BCUT2D eigenvalue weighted by atomic mass is 9.83. The zero-order chi connectivity index (χ0) is 10.8. The van der Waals surface area contributed by atoms with Crippen LogP contribution in [0.4, 0.5) is 0 Å². The van der Waals surface area contributed by atoms with Crippen molar-refractivity contribution in [3.8, 4) is 0 Å². The summed E-state index contributed by atoms with van der Waals surface area (Å²) < 4.78 is 2.94. The van der Waals surface area contributed by atoms with Crippen molar-refractivity contribution in [3.05, 3.63) is 16.4 Å². The molecule has 15 heavy (non-hydrogen) atoms. The van der Waals surface area contributed by atoms with Crippen molar-refractivity contribution in [1.82, 2.24) is 9.78 Å². The molecule has 1 aromatic rings. The van der Waals surface area contributed by atoms with E-state index in [4.69, 9.17) is 5.73 Å². The maximum atomic E-state index is 6.32. The van der Waals surface area contributed by atoms with Crippen molar-refractivity contribution in [2.75, 3.05) is 0 Å². The second-order valence-electron chi connectivity index (χ2n) is 4.43. The lowest BCUT2D eigenvalue weighted by molar-refractivity contribution is 0.299. The van der Waals surface area contributed by atoms with Crippen LogP contribution in [0.3, 0.4) is 0 Å². The third-order valence-electron chi connectivity index (χ3n) is 3.41. The van der Waals surface area contributed by atoms with Gasteiger partial charge in [0, 0.05) is 7.05 Å². The van der Waals surface area contributed by atoms with Crippen LogP contribution in [-0.4, -0.2) is 9.78 Å². The fraction of sp³-hybridized carbons (Fsp3) is 0.727. The molecule has 0 aromatic carbocycles. The highest BCUT2D eigenvalue weighted by atomic mass is 79.9. The first-order valence-electron chi connectivity index (χ1n) is 5.63. The SMILES string of the molecule is Cn1ncc(Br)c1C(N)C1CCCCC1. The van der Waals surface area contributed by atoms with Gasteiger partial charge in [-0.2, -0.15) is 5.10 Å². The number of rotatable bonds is 2. The highest BCUT2D eigenvalue weighted by Gasteiger charge is 2.25. The minimum atomic E-state index is 0.132. The van der Waals surface area contributed by atoms with Gasteiger partial charge in [-0.1, -0.05) is 19.3 Å². The van der Waals surface area contributed by atoms with Gasteiger partial charge in [-0.15, -0.1) is 0 Å². The third-order valence-corrected chi connectivity index (χ3v) is 4.02. The van der Waals surface area contributed by atoms with Gasteiger partial charge in [0.05, 0.1) is 22.4 Å². The molecule has 2 N–H and O–H groups in total. The smallest absolute Gasteiger partial charge is 0.0692 e. The minimum Gasteiger partial charge on any atom is -0.322 e. The fourth-order valence-electron chi connectivity index (χ4n) is 2.51. The summed E-state index contributed by atoms with van der Waals surface area (Å²) in [5.74, 6) is 0.630. The van der Waals surface area contributed by atoms with Crippen molar-refractivity contribution in [3.63, 3.8) is 0 Å². The summed E-state index contributed by atoms with van der Waals surface area (Å²) in [6.45, 7) is 0. The first-order valence-corrected chi connectivity index (χ1v) is 6.42. The number of nitrogens with zero attached hydrogens (tertiary/aromatic N) is 2. The molecule has 1 aliphatic rings. The van der Waals surface area contributed by atoms with Gasteiger partial charge < -0.3 is 5.73 Å². The maximum Gasteiger partial charge on any atom is 0.0692 e. The molecule has 1 aromatic heterocycles. The molecule has 1 heterocycles. The van der Waals surface area contributed by atoms with Crippen LogP contribution in [0.5, 0.6) is 0 Å². The van der Waals surface area contributed by atoms with Gasteiger partial charge in [0.15, 0.2) is 0 Å². The summed E-state index contributed by atoms with van der Waals surface area (Å²) >= 11 is 3.52. The van der Waals surface area contributed by atoms with E-state index in [0.29, 0.717) is 5.92 Å². The van der Waals surface area contributed by atoms with E-state index in [1.165, 1.54) is 32.1 Å². The van der Waals surface area contributed by atoms with E-state index in [1.54, 1.807) is 0 Å². The average Bonchev–Trinajstić information content (AvgIpc) is 2.59. The number of aromatic nitrogens is 2. The Labute approximate surface area is 99.2 Å². The van der Waals surface area contributed by atoms with Crippen LogP contribution >= 0.6 is 15.9 Å². The van der Waals surface area contributed by atoms with Gasteiger partial charge in [0.25, 0.3) is 0 Å². The molecule has 0 spiro atoms. The molecule has 0 radical (unpaired) electrons. The third kappa shape index (κ3) is 2.26. The number of aryl methyl sites for hydroxylation is 1. The normalized spacial score (nSPS) is 20.5. The van der Waals surface area contributed by atoms with Gasteiger partial charge in [-0.25, -0.2) is 0 Å². The lowest BCUT2D eigenvalue weighted by Gasteiger charge is -2.27. The Bertz CT molecular complexity index is 309. The molecule has 1 fully saturated rings. The zero-order valence-corrected chi connectivity index (χ0v) is 10.7. The average molecular weight is 272 g/mol. The van der Waals surface area contributed by atoms with Crippen LogP contribution in [0.25, 0.3) is 0 Å². The molecule has 1 unspecified atom stereocenters. The monoisotopic (exact) mass is 271 g/mol. The Morgan fingerprint density at radius 2 is 2.13 bits per heavy atom. The Morgan fingerprint density at radius 1 is 1.47 bits per heavy atom. The van der Waals surface area contributed by atoms with E-state index < -0.39 is 0 Å². The highest BCUT2D eigenvalue weighted by molar-refractivity contribution is 9.10. The molecule has 0 bridgehead atoms. The van der Waals surface area contributed by atoms with E-state index in [-0.39, 0.29) is 6.04 Å². The van der Waals surface area contributed by atoms with Gasteiger partial charge in [0.2, 0.25) is 0 Å². The van der Waals surface area contributed by atoms with Crippen molar-refractivity contribution in [1.29, 1.82) is 0 Å². The summed E-state index contributed by atoms with van der Waals surface area (Å²) in [5.41, 5.74) is 7.47. The summed E-state index contributed by atoms with van der Waals surface area (Å²) in [6, 6.07) is 0.132. The first-order chi connectivity index (χ1) is 7.20. The van der Waals surface area contributed by atoms with Gasteiger partial charge in [-0.3, -0.25) is 4.68 Å². The van der Waals surface area contributed by atoms with Crippen molar-refractivity contribution in [2.24, 2.45) is 18.7 Å². The molecule has 2 rings (SSSR count). The Balaban J connectivity index is 2.15. The fourth-order valence-corrected chi connectivity index (χ4v) is 3.12. The van der Waals surface area contributed by atoms with Crippen LogP contribution in [0, 0.1) is 5.92 Å². The van der Waals surface area contributed by atoms with E-state index in [9.17, 15) is 0 Å². The summed E-state index contributed by atoms with van der Waals surface area (Å²) in [4.78, 5) is 0. The second-order valence-corrected chi connectivity index (χ2v) is 5.28. The molecule has 1 saturated carbocycles. The predicted octanol–water partition coefficient (Wildman–Crippen LogP) is 2.76. The van der Waals surface area contributed by atoms with E-state index >= 15 is 0 Å². The number of halogens is 1. The van der Waals surface area contributed by atoms with Crippen LogP contribution in [0.15, 0.2) is 10.7 Å². The molecule has 3 nitrogen and oxygen atoms in total. The van der Waals surface area contributed by atoms with Crippen molar-refractivity contribution in [2.45, 2.75) is 38.1 Å². The summed E-state index contributed by atoms with van der Waals surface area (Å²) in [5, 5.41) is 4.22. The van der Waals surface area contributed by atoms with Gasteiger partial charge in [-0.05, 0) is 34.7 Å². The topological polar surface area (TPSA) is 43.8 Å². The van der Waals surface area contributed by atoms with E-state index in [0.717, 1.165) is 10.2 Å². The number of nitrogens with two attached hydrogens (primary N) is 1. The van der Waals surface area contributed by atoms with E-state index in [2.05, 4.69) is 21.0 Å². The summed E-state index contributed by atoms with van der Waals surface area (Å²) in [6.07, 6.45) is 8.38. The van der Waals surface area contributed by atoms with Gasteiger partial charge >= 0.3 is 0 Å².